The third-order valence-corrected chi connectivity index (χ3v) is 6.44. The predicted molar refractivity (Wildman–Crippen MR) is 157 cm³/mol. The van der Waals surface area contributed by atoms with Crippen molar-refractivity contribution in [3.8, 4) is 5.75 Å². The number of hydrogen-bond donors (Lipinski definition) is 3. The van der Waals surface area contributed by atoms with Gasteiger partial charge < -0.3 is 39.3 Å². The fourth-order valence-corrected chi connectivity index (χ4v) is 4.34. The first-order valence-corrected chi connectivity index (χ1v) is 13.2. The summed E-state index contributed by atoms with van der Waals surface area (Å²) in [7, 11) is 9.09. The number of hydrogen-bond acceptors (Lipinski definition) is 6. The quantitative estimate of drug-likeness (QED) is 0.244. The van der Waals surface area contributed by atoms with Gasteiger partial charge in [0.1, 0.15) is 17.1 Å². The van der Waals surface area contributed by atoms with Gasteiger partial charge in [-0.2, -0.15) is 0 Å². The van der Waals surface area contributed by atoms with Crippen molar-refractivity contribution >= 4 is 34.9 Å². The van der Waals surface area contributed by atoms with Crippen LogP contribution in [-0.4, -0.2) is 69.1 Å². The lowest BCUT2D eigenvalue weighted by atomic mass is 10.1. The molecule has 0 aliphatic carbocycles. The minimum Gasteiger partial charge on any atom is -0.497 e. The number of carbonyl (C=O) groups excluding carboxylic acids is 3. The summed E-state index contributed by atoms with van der Waals surface area (Å²) < 4.78 is 10.3. The van der Waals surface area contributed by atoms with E-state index in [9.17, 15) is 14.4 Å². The van der Waals surface area contributed by atoms with Crippen LogP contribution in [0.2, 0.25) is 0 Å². The Morgan fingerprint density at radius 1 is 0.878 bits per heavy atom. The van der Waals surface area contributed by atoms with Crippen molar-refractivity contribution in [1.29, 1.82) is 0 Å². The first-order chi connectivity index (χ1) is 19.6. The van der Waals surface area contributed by atoms with Crippen LogP contribution in [0.3, 0.4) is 0 Å². The molecule has 4 rings (SSSR count). The third kappa shape index (κ3) is 7.85. The molecule has 3 aromatic heterocycles. The van der Waals surface area contributed by atoms with Crippen LogP contribution in [0.4, 0.5) is 17.2 Å². The second-order valence-electron chi connectivity index (χ2n) is 10.1. The molecule has 3 amide bonds. The summed E-state index contributed by atoms with van der Waals surface area (Å²) in [5.41, 5.74) is 2.52. The van der Waals surface area contributed by atoms with Crippen LogP contribution in [0, 0.1) is 0 Å². The fourth-order valence-electron chi connectivity index (χ4n) is 4.34. The highest BCUT2D eigenvalue weighted by Crippen LogP contribution is 2.19. The normalized spacial score (nSPS) is 11.0. The molecule has 0 aliphatic heterocycles. The molecule has 0 fully saturated rings. The minimum atomic E-state index is -0.378. The average Bonchev–Trinajstić information content (AvgIpc) is 3.62. The summed E-state index contributed by atoms with van der Waals surface area (Å²) in [5.74, 6) is 0.253. The molecule has 3 heterocycles. The Morgan fingerprint density at radius 3 is 2.10 bits per heavy atom. The van der Waals surface area contributed by atoms with Gasteiger partial charge >= 0.3 is 0 Å². The Morgan fingerprint density at radius 2 is 1.49 bits per heavy atom. The predicted octanol–water partition coefficient (Wildman–Crippen LogP) is 3.21. The van der Waals surface area contributed by atoms with E-state index in [4.69, 9.17) is 4.74 Å². The zero-order valence-corrected chi connectivity index (χ0v) is 24.0. The van der Waals surface area contributed by atoms with Gasteiger partial charge in [-0.15, -0.1) is 0 Å². The number of benzene rings is 1. The highest BCUT2D eigenvalue weighted by atomic mass is 16.5. The van der Waals surface area contributed by atoms with Gasteiger partial charge in [-0.3, -0.25) is 14.4 Å². The molecule has 0 saturated heterocycles. The summed E-state index contributed by atoms with van der Waals surface area (Å²) in [5, 5.41) is 8.46. The zero-order valence-electron chi connectivity index (χ0n) is 24.0. The number of nitrogens with one attached hydrogen (secondary N) is 3. The molecule has 12 nitrogen and oxygen atoms in total. The SMILES string of the molecule is COc1ccc(CC(=O)Nc2cc(C(=O)Nc3cc(C(=O)Nc4cn(CCCN(C)C)cn4)n(C)c3)n(C)c2)cc1. The van der Waals surface area contributed by atoms with Gasteiger partial charge in [0.05, 0.1) is 31.2 Å². The molecule has 0 radical (unpaired) electrons. The van der Waals surface area contributed by atoms with Crippen molar-refractivity contribution in [1.82, 2.24) is 23.6 Å². The molecule has 216 valence electrons. The van der Waals surface area contributed by atoms with Gasteiger partial charge in [0.25, 0.3) is 11.8 Å². The van der Waals surface area contributed by atoms with Crippen LogP contribution in [0.15, 0.2) is 61.3 Å². The van der Waals surface area contributed by atoms with Crippen LogP contribution in [0.1, 0.15) is 33.0 Å². The van der Waals surface area contributed by atoms with Gasteiger partial charge in [-0.1, -0.05) is 12.1 Å². The van der Waals surface area contributed by atoms with Crippen LogP contribution in [-0.2, 0) is 31.9 Å². The minimum absolute atomic E-state index is 0.186. The number of nitrogens with zero attached hydrogens (tertiary/aromatic N) is 5. The summed E-state index contributed by atoms with van der Waals surface area (Å²) in [6.45, 7) is 1.76. The van der Waals surface area contributed by atoms with Crippen LogP contribution in [0.5, 0.6) is 5.75 Å². The van der Waals surface area contributed by atoms with Crippen molar-refractivity contribution in [2.75, 3.05) is 43.7 Å². The smallest absolute Gasteiger partial charge is 0.273 e. The lowest BCUT2D eigenvalue weighted by Gasteiger charge is -2.08. The maximum Gasteiger partial charge on any atom is 0.273 e. The maximum atomic E-state index is 13.0. The fraction of sp³-hybridized carbons (Fsp3) is 0.310. The molecule has 0 saturated carbocycles. The van der Waals surface area contributed by atoms with E-state index in [2.05, 4.69) is 25.8 Å². The summed E-state index contributed by atoms with van der Waals surface area (Å²) in [6, 6.07) is 10.5. The number of carbonyl (C=O) groups is 3. The zero-order chi connectivity index (χ0) is 29.5. The average molecular weight is 561 g/mol. The van der Waals surface area contributed by atoms with E-state index in [0.29, 0.717) is 28.6 Å². The molecule has 41 heavy (non-hydrogen) atoms. The Kier molecular flexibility index (Phi) is 9.25. The number of rotatable bonds is 12. The van der Waals surface area contributed by atoms with E-state index in [1.54, 1.807) is 79.5 Å². The molecule has 0 atom stereocenters. The van der Waals surface area contributed by atoms with Gasteiger partial charge in [0.2, 0.25) is 5.91 Å². The van der Waals surface area contributed by atoms with Crippen molar-refractivity contribution in [2.45, 2.75) is 19.4 Å². The van der Waals surface area contributed by atoms with Crippen molar-refractivity contribution < 1.29 is 19.1 Å². The van der Waals surface area contributed by atoms with Crippen LogP contribution in [0.25, 0.3) is 0 Å². The molecule has 0 unspecified atom stereocenters. The number of ether oxygens (including phenoxy) is 1. The van der Waals surface area contributed by atoms with E-state index in [1.807, 2.05) is 30.8 Å². The van der Waals surface area contributed by atoms with Crippen LogP contribution >= 0.6 is 0 Å². The molecular formula is C29H36N8O4. The Bertz CT molecular complexity index is 1510. The molecule has 12 heteroatoms. The van der Waals surface area contributed by atoms with E-state index in [0.717, 1.165) is 30.8 Å². The third-order valence-electron chi connectivity index (χ3n) is 6.44. The number of methoxy groups -OCH3 is 1. The Hall–Kier alpha value is -4.84. The van der Waals surface area contributed by atoms with Gasteiger partial charge in [-0.25, -0.2) is 4.98 Å². The number of aromatic nitrogens is 4. The van der Waals surface area contributed by atoms with Crippen LogP contribution < -0.4 is 20.7 Å². The number of imidazole rings is 1. The van der Waals surface area contributed by atoms with Gasteiger partial charge in [0.15, 0.2) is 5.82 Å². The summed E-state index contributed by atoms with van der Waals surface area (Å²) in [4.78, 5) is 44.8. The maximum absolute atomic E-state index is 13.0. The first kappa shape index (κ1) is 29.2. The lowest BCUT2D eigenvalue weighted by Crippen LogP contribution is -2.16. The Balaban J connectivity index is 1.33. The second kappa shape index (κ2) is 13.0. The summed E-state index contributed by atoms with van der Waals surface area (Å²) in [6.07, 6.45) is 7.97. The van der Waals surface area contributed by atoms with Gasteiger partial charge in [0, 0.05) is 39.2 Å². The molecule has 0 bridgehead atoms. The standard InChI is InChI=1S/C29H36N8O4/c1-34(2)11-6-12-37-18-26(30-19-37)33-29(40)25-15-22(17-36(25)4)32-28(39)24-14-21(16-35(24)3)31-27(38)13-20-7-9-23(41-5)10-8-20/h7-10,14-19H,6,11-13H2,1-5H3,(H,31,38)(H,32,39)(H,33,40). The van der Waals surface area contributed by atoms with E-state index >= 15 is 0 Å². The lowest BCUT2D eigenvalue weighted by molar-refractivity contribution is -0.115. The van der Waals surface area contributed by atoms with E-state index < -0.39 is 0 Å². The second-order valence-corrected chi connectivity index (χ2v) is 10.1. The van der Waals surface area contributed by atoms with Crippen molar-refractivity contribution in [3.05, 3.63) is 78.3 Å². The van der Waals surface area contributed by atoms with Gasteiger partial charge in [-0.05, 0) is 56.9 Å². The Labute approximate surface area is 238 Å². The van der Waals surface area contributed by atoms with Crippen molar-refractivity contribution in [2.24, 2.45) is 14.1 Å². The topological polar surface area (TPSA) is 127 Å². The highest BCUT2D eigenvalue weighted by molar-refractivity contribution is 6.07. The molecule has 4 aromatic rings. The molecular weight excluding hydrogens is 524 g/mol. The number of aryl methyl sites for hydroxylation is 3. The summed E-state index contributed by atoms with van der Waals surface area (Å²) >= 11 is 0. The molecule has 1 aromatic carbocycles. The largest absolute Gasteiger partial charge is 0.497 e. The number of anilines is 3. The molecule has 3 N–H and O–H groups in total. The first-order valence-electron chi connectivity index (χ1n) is 13.2. The van der Waals surface area contributed by atoms with E-state index in [1.165, 1.54) is 0 Å². The molecule has 0 spiro atoms. The van der Waals surface area contributed by atoms with Crippen molar-refractivity contribution in [3.63, 3.8) is 0 Å². The number of amides is 3. The van der Waals surface area contributed by atoms with E-state index in [-0.39, 0.29) is 24.1 Å². The monoisotopic (exact) mass is 560 g/mol. The molecule has 0 aliphatic rings. The highest BCUT2D eigenvalue weighted by Gasteiger charge is 2.18.